The summed E-state index contributed by atoms with van der Waals surface area (Å²) in [5, 5.41) is 7.79. The summed E-state index contributed by atoms with van der Waals surface area (Å²) >= 11 is 0. The molecule has 0 aromatic carbocycles. The number of hydrogen-bond acceptors (Lipinski definition) is 5. The van der Waals surface area contributed by atoms with Gasteiger partial charge in [0.25, 0.3) is 14.9 Å². The predicted molar refractivity (Wildman–Crippen MR) is 70.7 cm³/mol. The lowest BCUT2D eigenvalue weighted by atomic mass is 10.2. The molecule has 0 bridgehead atoms. The molecule has 2 rings (SSSR count). The molecule has 6 nitrogen and oxygen atoms in total. The van der Waals surface area contributed by atoms with Crippen LogP contribution in [0, 0.1) is 13.8 Å². The first-order chi connectivity index (χ1) is 8.71. The van der Waals surface area contributed by atoms with Crippen molar-refractivity contribution in [3.8, 4) is 11.5 Å². The van der Waals surface area contributed by atoms with Crippen LogP contribution in [0.15, 0.2) is 9.31 Å². The zero-order valence-electron chi connectivity index (χ0n) is 11.0. The van der Waals surface area contributed by atoms with Gasteiger partial charge >= 0.3 is 0 Å². The van der Waals surface area contributed by atoms with Crippen LogP contribution in [0.1, 0.15) is 37.0 Å². The fourth-order valence-electron chi connectivity index (χ4n) is 1.89. The van der Waals surface area contributed by atoms with Gasteiger partial charge in [0.05, 0.1) is 5.56 Å². The maximum absolute atomic E-state index is 11.7. The number of aryl methyl sites for hydroxylation is 2. The predicted octanol–water partition coefficient (Wildman–Crippen LogP) is 2.73. The number of aromatic nitrogens is 3. The average molecular weight is 304 g/mol. The van der Waals surface area contributed by atoms with Crippen molar-refractivity contribution >= 4 is 19.7 Å². The normalized spacial score (nSPS) is 12.3. The third-order valence-corrected chi connectivity index (χ3v) is 4.17. The van der Waals surface area contributed by atoms with Gasteiger partial charge in [-0.2, -0.15) is 0 Å². The lowest BCUT2D eigenvalue weighted by Gasteiger charge is -1.99. The number of nitrogens with one attached hydrogen (secondary N) is 1. The van der Waals surface area contributed by atoms with Crippen LogP contribution in [0.25, 0.3) is 11.5 Å². The minimum absolute atomic E-state index is 0.00868. The molecule has 2 heterocycles. The molecule has 0 fully saturated rings. The van der Waals surface area contributed by atoms with Crippen molar-refractivity contribution < 1.29 is 12.8 Å². The Kier molecular flexibility index (Phi) is 3.44. The Morgan fingerprint density at radius 1 is 1.21 bits per heavy atom. The highest BCUT2D eigenvalue weighted by atomic mass is 35.7. The molecule has 104 valence electrons. The summed E-state index contributed by atoms with van der Waals surface area (Å²) in [5.74, 6) is 0.675. The maximum atomic E-state index is 11.7. The number of H-pyrrole nitrogens is 1. The molecular weight excluding hydrogens is 290 g/mol. The molecule has 0 radical (unpaired) electrons. The van der Waals surface area contributed by atoms with Crippen molar-refractivity contribution in [3.63, 3.8) is 0 Å². The van der Waals surface area contributed by atoms with Crippen LogP contribution in [0.2, 0.25) is 0 Å². The van der Waals surface area contributed by atoms with E-state index >= 15 is 0 Å². The molecule has 0 unspecified atom stereocenters. The zero-order valence-corrected chi connectivity index (χ0v) is 12.6. The van der Waals surface area contributed by atoms with Gasteiger partial charge in [0, 0.05) is 28.0 Å². The van der Waals surface area contributed by atoms with Crippen molar-refractivity contribution in [2.75, 3.05) is 0 Å². The Bertz CT molecular complexity index is 716. The fraction of sp³-hybridized carbons (Fsp3) is 0.455. The Hall–Kier alpha value is -1.34. The van der Waals surface area contributed by atoms with Gasteiger partial charge in [-0.1, -0.05) is 13.8 Å². The first-order valence-corrected chi connectivity index (χ1v) is 8.00. The molecule has 0 atom stereocenters. The van der Waals surface area contributed by atoms with Gasteiger partial charge in [-0.3, -0.25) is 0 Å². The summed E-state index contributed by atoms with van der Waals surface area (Å²) in [5.41, 5.74) is 1.41. The number of aromatic amines is 1. The molecule has 8 heteroatoms. The molecule has 0 aliphatic rings. The third-order valence-electron chi connectivity index (χ3n) is 2.71. The standard InChI is InChI=1S/C11H14ClN3O3S/c1-5(2)10-14-15-11(18-10)8-6(3)13-7(4)9(8)19(12,16)17/h5,13H,1-4H3. The summed E-state index contributed by atoms with van der Waals surface area (Å²) in [4.78, 5) is 2.92. The highest BCUT2D eigenvalue weighted by Crippen LogP contribution is 2.35. The van der Waals surface area contributed by atoms with Gasteiger partial charge in [0.15, 0.2) is 0 Å². The highest BCUT2D eigenvalue weighted by molar-refractivity contribution is 8.13. The van der Waals surface area contributed by atoms with E-state index in [4.69, 9.17) is 15.1 Å². The van der Waals surface area contributed by atoms with Crippen LogP contribution in [0.3, 0.4) is 0 Å². The van der Waals surface area contributed by atoms with E-state index < -0.39 is 9.05 Å². The van der Waals surface area contributed by atoms with Crippen molar-refractivity contribution in [3.05, 3.63) is 17.3 Å². The van der Waals surface area contributed by atoms with E-state index in [2.05, 4.69) is 15.2 Å². The summed E-state index contributed by atoms with van der Waals surface area (Å²) < 4.78 is 28.8. The van der Waals surface area contributed by atoms with Crippen molar-refractivity contribution in [2.45, 2.75) is 38.5 Å². The van der Waals surface area contributed by atoms with Gasteiger partial charge in [-0.15, -0.1) is 10.2 Å². The van der Waals surface area contributed by atoms with Crippen LogP contribution >= 0.6 is 10.7 Å². The molecule has 0 amide bonds. The summed E-state index contributed by atoms with van der Waals surface area (Å²) in [6, 6.07) is 0. The quantitative estimate of drug-likeness (QED) is 0.881. The zero-order chi connectivity index (χ0) is 14.4. The number of hydrogen-bond donors (Lipinski definition) is 1. The molecule has 0 spiro atoms. The molecule has 1 N–H and O–H groups in total. The third kappa shape index (κ3) is 2.52. The molecule has 2 aromatic heterocycles. The van der Waals surface area contributed by atoms with E-state index in [0.29, 0.717) is 22.8 Å². The number of rotatable bonds is 3. The topological polar surface area (TPSA) is 88.9 Å². The number of halogens is 1. The van der Waals surface area contributed by atoms with E-state index in [1.165, 1.54) is 0 Å². The Labute approximate surface area is 115 Å². The smallest absolute Gasteiger partial charge is 0.263 e. The Balaban J connectivity index is 2.68. The Morgan fingerprint density at radius 3 is 2.32 bits per heavy atom. The highest BCUT2D eigenvalue weighted by Gasteiger charge is 2.27. The van der Waals surface area contributed by atoms with Crippen molar-refractivity contribution in [1.29, 1.82) is 0 Å². The van der Waals surface area contributed by atoms with Crippen molar-refractivity contribution in [1.82, 2.24) is 15.2 Å². The van der Waals surface area contributed by atoms with Crippen molar-refractivity contribution in [2.24, 2.45) is 0 Å². The van der Waals surface area contributed by atoms with Crippen LogP contribution in [-0.4, -0.2) is 23.6 Å². The van der Waals surface area contributed by atoms with Crippen LogP contribution in [0.5, 0.6) is 0 Å². The van der Waals surface area contributed by atoms with Crippen LogP contribution in [0.4, 0.5) is 0 Å². The van der Waals surface area contributed by atoms with Gasteiger partial charge in [-0.05, 0) is 13.8 Å². The maximum Gasteiger partial charge on any atom is 0.263 e. The first-order valence-electron chi connectivity index (χ1n) is 5.69. The van der Waals surface area contributed by atoms with E-state index in [1.54, 1.807) is 13.8 Å². The molecular formula is C11H14ClN3O3S. The molecule has 19 heavy (non-hydrogen) atoms. The van der Waals surface area contributed by atoms with Gasteiger partial charge < -0.3 is 9.40 Å². The van der Waals surface area contributed by atoms with Gasteiger partial charge in [0.2, 0.25) is 5.89 Å². The number of nitrogens with zero attached hydrogens (tertiary/aromatic N) is 2. The second-order valence-corrected chi connectivity index (χ2v) is 7.12. The Morgan fingerprint density at radius 2 is 1.84 bits per heavy atom. The van der Waals surface area contributed by atoms with E-state index in [9.17, 15) is 8.42 Å². The largest absolute Gasteiger partial charge is 0.420 e. The summed E-state index contributed by atoms with van der Waals surface area (Å²) in [6.45, 7) is 7.18. The minimum atomic E-state index is -3.89. The SMILES string of the molecule is Cc1[nH]c(C)c(S(=O)(=O)Cl)c1-c1nnc(C(C)C)o1. The van der Waals surface area contributed by atoms with E-state index in [0.717, 1.165) is 0 Å². The fourth-order valence-corrected chi connectivity index (χ4v) is 3.37. The lowest BCUT2D eigenvalue weighted by molar-refractivity contribution is 0.480. The lowest BCUT2D eigenvalue weighted by Crippen LogP contribution is -1.94. The molecule has 0 aliphatic heterocycles. The van der Waals surface area contributed by atoms with Crippen LogP contribution in [-0.2, 0) is 9.05 Å². The van der Waals surface area contributed by atoms with Crippen LogP contribution < -0.4 is 0 Å². The van der Waals surface area contributed by atoms with Gasteiger partial charge in [0.1, 0.15) is 4.90 Å². The monoisotopic (exact) mass is 303 g/mol. The average Bonchev–Trinajstić information content (AvgIpc) is 2.80. The summed E-state index contributed by atoms with van der Waals surface area (Å²) in [6.07, 6.45) is 0. The van der Waals surface area contributed by atoms with E-state index in [-0.39, 0.29) is 16.7 Å². The summed E-state index contributed by atoms with van der Waals surface area (Å²) in [7, 11) is 1.57. The second-order valence-electron chi connectivity index (χ2n) is 4.62. The second kappa shape index (κ2) is 4.64. The molecule has 0 saturated heterocycles. The molecule has 0 saturated carbocycles. The molecule has 2 aromatic rings. The minimum Gasteiger partial charge on any atom is -0.420 e. The van der Waals surface area contributed by atoms with Gasteiger partial charge in [-0.25, -0.2) is 8.42 Å². The van der Waals surface area contributed by atoms with E-state index in [1.807, 2.05) is 13.8 Å². The first kappa shape index (κ1) is 14.1. The molecule has 0 aliphatic carbocycles.